The Labute approximate surface area is 167 Å². The van der Waals surface area contributed by atoms with Crippen molar-refractivity contribution in [2.24, 2.45) is 5.92 Å². The smallest absolute Gasteiger partial charge is 0.318 e. The predicted octanol–water partition coefficient (Wildman–Crippen LogP) is 4.45. The van der Waals surface area contributed by atoms with E-state index in [-0.39, 0.29) is 12.5 Å². The number of ether oxygens (including phenoxy) is 1. The number of carbonyl (C=O) groups excluding carboxylic acids is 2. The van der Waals surface area contributed by atoms with Gasteiger partial charge in [-0.05, 0) is 43.9 Å². The Morgan fingerprint density at radius 3 is 2.00 bits per heavy atom. The molecule has 0 N–H and O–H groups in total. The van der Waals surface area contributed by atoms with Crippen LogP contribution in [0.25, 0.3) is 12.2 Å². The van der Waals surface area contributed by atoms with Crippen LogP contribution in [0.5, 0.6) is 0 Å². The zero-order chi connectivity index (χ0) is 20.4. The summed E-state index contributed by atoms with van der Waals surface area (Å²) >= 11 is 0. The molecular formula is C24H29NO3. The lowest BCUT2D eigenvalue weighted by molar-refractivity contribution is -0.155. The number of hydrogen-bond acceptors (Lipinski definition) is 3. The van der Waals surface area contributed by atoms with Gasteiger partial charge in [0.1, 0.15) is 5.92 Å². The normalized spacial score (nSPS) is 12.0. The van der Waals surface area contributed by atoms with Gasteiger partial charge < -0.3 is 9.64 Å². The SMILES string of the molecule is CCOC(=O)C(Cc1ccc(C=Cc2ccccc2)cc1)C(=O)N(CC)CC. The maximum absolute atomic E-state index is 12.8. The van der Waals surface area contributed by atoms with E-state index >= 15 is 0 Å². The highest BCUT2D eigenvalue weighted by Gasteiger charge is 2.31. The number of amides is 1. The summed E-state index contributed by atoms with van der Waals surface area (Å²) in [5.74, 6) is -1.42. The van der Waals surface area contributed by atoms with E-state index in [1.165, 1.54) is 0 Å². The van der Waals surface area contributed by atoms with Gasteiger partial charge >= 0.3 is 5.97 Å². The molecular weight excluding hydrogens is 350 g/mol. The van der Waals surface area contributed by atoms with Gasteiger partial charge in [-0.15, -0.1) is 0 Å². The molecule has 4 heteroatoms. The summed E-state index contributed by atoms with van der Waals surface area (Å²) in [4.78, 5) is 26.8. The zero-order valence-corrected chi connectivity index (χ0v) is 16.9. The van der Waals surface area contributed by atoms with Crippen LogP contribution in [-0.4, -0.2) is 36.5 Å². The molecule has 1 amide bonds. The van der Waals surface area contributed by atoms with Gasteiger partial charge in [-0.3, -0.25) is 9.59 Å². The minimum absolute atomic E-state index is 0.170. The summed E-state index contributed by atoms with van der Waals surface area (Å²) in [6.07, 6.45) is 4.44. The Morgan fingerprint density at radius 2 is 1.46 bits per heavy atom. The van der Waals surface area contributed by atoms with Crippen molar-refractivity contribution in [3.8, 4) is 0 Å². The lowest BCUT2D eigenvalue weighted by atomic mass is 9.96. The molecule has 0 spiro atoms. The van der Waals surface area contributed by atoms with Gasteiger partial charge in [0.25, 0.3) is 0 Å². The van der Waals surface area contributed by atoms with Crippen LogP contribution in [0.1, 0.15) is 37.5 Å². The molecule has 2 rings (SSSR count). The van der Waals surface area contributed by atoms with E-state index in [0.29, 0.717) is 19.5 Å². The average molecular weight is 380 g/mol. The van der Waals surface area contributed by atoms with Gasteiger partial charge in [0.2, 0.25) is 5.91 Å². The monoisotopic (exact) mass is 379 g/mol. The quantitative estimate of drug-likeness (QED) is 0.367. The average Bonchev–Trinajstić information content (AvgIpc) is 2.73. The zero-order valence-electron chi connectivity index (χ0n) is 16.9. The first-order valence-electron chi connectivity index (χ1n) is 9.86. The van der Waals surface area contributed by atoms with Crippen LogP contribution in [0.4, 0.5) is 0 Å². The topological polar surface area (TPSA) is 46.6 Å². The molecule has 0 heterocycles. The van der Waals surface area contributed by atoms with Crippen molar-refractivity contribution in [3.63, 3.8) is 0 Å². The van der Waals surface area contributed by atoms with Crippen LogP contribution in [-0.2, 0) is 20.7 Å². The van der Waals surface area contributed by atoms with Crippen molar-refractivity contribution in [1.82, 2.24) is 4.90 Å². The molecule has 0 fully saturated rings. The summed E-state index contributed by atoms with van der Waals surface area (Å²) in [6.45, 7) is 7.01. The number of esters is 1. The predicted molar refractivity (Wildman–Crippen MR) is 114 cm³/mol. The second-order valence-electron chi connectivity index (χ2n) is 6.50. The minimum Gasteiger partial charge on any atom is -0.465 e. The number of carbonyl (C=O) groups is 2. The fraction of sp³-hybridized carbons (Fsp3) is 0.333. The molecule has 2 aromatic carbocycles. The third-order valence-corrected chi connectivity index (χ3v) is 4.63. The van der Waals surface area contributed by atoms with Crippen LogP contribution >= 0.6 is 0 Å². The van der Waals surface area contributed by atoms with E-state index in [4.69, 9.17) is 4.74 Å². The standard InChI is InChI=1S/C24H29NO3/c1-4-25(5-2)23(26)22(24(27)28-6-3)18-21-16-14-20(15-17-21)13-12-19-10-8-7-9-11-19/h7-17,22H,4-6,18H2,1-3H3. The first kappa shape index (κ1) is 21.4. The molecule has 0 aromatic heterocycles. The molecule has 0 radical (unpaired) electrons. The van der Waals surface area contributed by atoms with Gasteiger partial charge in [0, 0.05) is 13.1 Å². The Morgan fingerprint density at radius 1 is 0.893 bits per heavy atom. The van der Waals surface area contributed by atoms with Crippen LogP contribution < -0.4 is 0 Å². The van der Waals surface area contributed by atoms with Gasteiger partial charge in [-0.25, -0.2) is 0 Å². The highest BCUT2D eigenvalue weighted by atomic mass is 16.5. The van der Waals surface area contributed by atoms with E-state index in [1.807, 2.05) is 74.5 Å². The Hall–Kier alpha value is -2.88. The third kappa shape index (κ3) is 6.08. The molecule has 2 aromatic rings. The van der Waals surface area contributed by atoms with Crippen molar-refractivity contribution in [2.45, 2.75) is 27.2 Å². The highest BCUT2D eigenvalue weighted by Crippen LogP contribution is 2.16. The fourth-order valence-corrected chi connectivity index (χ4v) is 3.03. The molecule has 148 valence electrons. The maximum Gasteiger partial charge on any atom is 0.318 e. The summed E-state index contributed by atoms with van der Waals surface area (Å²) in [6, 6.07) is 18.0. The van der Waals surface area contributed by atoms with E-state index in [2.05, 4.69) is 6.08 Å². The lowest BCUT2D eigenvalue weighted by Crippen LogP contribution is -2.41. The van der Waals surface area contributed by atoms with Gasteiger partial charge in [0.15, 0.2) is 0 Å². The van der Waals surface area contributed by atoms with Crippen LogP contribution in [0.2, 0.25) is 0 Å². The number of nitrogens with zero attached hydrogens (tertiary/aromatic N) is 1. The molecule has 1 unspecified atom stereocenters. The molecule has 0 bridgehead atoms. The maximum atomic E-state index is 12.8. The molecule has 4 nitrogen and oxygen atoms in total. The Kier molecular flexibility index (Phi) is 8.47. The largest absolute Gasteiger partial charge is 0.465 e. The van der Waals surface area contributed by atoms with Crippen LogP contribution in [0.15, 0.2) is 54.6 Å². The first-order chi connectivity index (χ1) is 13.6. The molecule has 0 saturated heterocycles. The number of benzene rings is 2. The summed E-state index contributed by atoms with van der Waals surface area (Å²) in [5, 5.41) is 0. The lowest BCUT2D eigenvalue weighted by Gasteiger charge is -2.24. The first-order valence-corrected chi connectivity index (χ1v) is 9.86. The van der Waals surface area contributed by atoms with Crippen molar-refractivity contribution >= 4 is 24.0 Å². The summed E-state index contributed by atoms with van der Waals surface area (Å²) < 4.78 is 5.15. The van der Waals surface area contributed by atoms with Crippen molar-refractivity contribution in [2.75, 3.05) is 19.7 Å². The van der Waals surface area contributed by atoms with E-state index < -0.39 is 11.9 Å². The second kappa shape index (κ2) is 11.1. The van der Waals surface area contributed by atoms with Crippen molar-refractivity contribution < 1.29 is 14.3 Å². The van der Waals surface area contributed by atoms with Crippen molar-refractivity contribution in [3.05, 3.63) is 71.3 Å². The molecule has 28 heavy (non-hydrogen) atoms. The van der Waals surface area contributed by atoms with E-state index in [1.54, 1.807) is 11.8 Å². The number of rotatable bonds is 9. The van der Waals surface area contributed by atoms with E-state index in [9.17, 15) is 9.59 Å². The van der Waals surface area contributed by atoms with Crippen LogP contribution in [0, 0.1) is 5.92 Å². The molecule has 0 aliphatic rings. The summed E-state index contributed by atoms with van der Waals surface area (Å²) in [7, 11) is 0. The Balaban J connectivity index is 2.12. The fourth-order valence-electron chi connectivity index (χ4n) is 3.03. The second-order valence-corrected chi connectivity index (χ2v) is 6.50. The van der Waals surface area contributed by atoms with Crippen LogP contribution in [0.3, 0.4) is 0 Å². The van der Waals surface area contributed by atoms with Crippen molar-refractivity contribution in [1.29, 1.82) is 0 Å². The number of hydrogen-bond donors (Lipinski definition) is 0. The molecule has 1 atom stereocenters. The van der Waals surface area contributed by atoms with Gasteiger partial charge in [0.05, 0.1) is 6.61 Å². The molecule has 0 aliphatic carbocycles. The van der Waals surface area contributed by atoms with Gasteiger partial charge in [-0.2, -0.15) is 0 Å². The molecule has 0 saturated carbocycles. The van der Waals surface area contributed by atoms with E-state index in [0.717, 1.165) is 16.7 Å². The Bertz CT molecular complexity index is 777. The molecule has 0 aliphatic heterocycles. The minimum atomic E-state index is -0.800. The summed E-state index contributed by atoms with van der Waals surface area (Å²) in [5.41, 5.74) is 3.14. The highest BCUT2D eigenvalue weighted by molar-refractivity contribution is 5.98. The third-order valence-electron chi connectivity index (χ3n) is 4.63. The van der Waals surface area contributed by atoms with Gasteiger partial charge in [-0.1, -0.05) is 66.7 Å².